The molecule has 0 bridgehead atoms. The molecule has 2 heterocycles. The molecule has 1 N–H and O–H groups in total. The van der Waals surface area contributed by atoms with Crippen LogP contribution in [-0.2, 0) is 4.79 Å². The highest BCUT2D eigenvalue weighted by atomic mass is 35.5. The van der Waals surface area contributed by atoms with Crippen LogP contribution in [0.3, 0.4) is 0 Å². The molecule has 0 unspecified atom stereocenters. The number of carbonyl (C=O) groups excluding carboxylic acids is 1. The van der Waals surface area contributed by atoms with Crippen molar-refractivity contribution in [1.29, 1.82) is 0 Å². The van der Waals surface area contributed by atoms with Crippen LogP contribution in [0.2, 0.25) is 5.02 Å². The van der Waals surface area contributed by atoms with Gasteiger partial charge in [0.05, 0.1) is 19.4 Å². The van der Waals surface area contributed by atoms with Crippen molar-refractivity contribution in [2.75, 3.05) is 19.0 Å². The van der Waals surface area contributed by atoms with Crippen LogP contribution in [0.4, 0.5) is 5.69 Å². The molecule has 0 radical (unpaired) electrons. The van der Waals surface area contributed by atoms with Crippen molar-refractivity contribution in [2.24, 2.45) is 0 Å². The van der Waals surface area contributed by atoms with Gasteiger partial charge in [-0.3, -0.25) is 4.79 Å². The van der Waals surface area contributed by atoms with Crippen molar-refractivity contribution < 1.29 is 14.3 Å². The van der Waals surface area contributed by atoms with E-state index in [0.717, 1.165) is 27.3 Å². The first kappa shape index (κ1) is 18.8. The van der Waals surface area contributed by atoms with Crippen LogP contribution in [0.15, 0.2) is 47.8 Å². The number of amides is 1. The van der Waals surface area contributed by atoms with Crippen molar-refractivity contribution in [3.05, 3.63) is 63.3 Å². The lowest BCUT2D eigenvalue weighted by molar-refractivity contribution is -0.116. The predicted octanol–water partition coefficient (Wildman–Crippen LogP) is 5.95. The molecular formula is C22H20ClNO3S. The maximum Gasteiger partial charge on any atom is 0.225 e. The Labute approximate surface area is 173 Å². The molecule has 0 spiro atoms. The van der Waals surface area contributed by atoms with Crippen LogP contribution in [0, 0.1) is 0 Å². The molecular weight excluding hydrogens is 394 g/mol. The third kappa shape index (κ3) is 3.48. The van der Waals surface area contributed by atoms with E-state index in [4.69, 9.17) is 21.1 Å². The van der Waals surface area contributed by atoms with Crippen LogP contribution in [0.1, 0.15) is 29.7 Å². The molecule has 0 fully saturated rings. The molecule has 0 saturated carbocycles. The van der Waals surface area contributed by atoms with Gasteiger partial charge in [-0.05, 0) is 42.3 Å². The Morgan fingerprint density at radius 3 is 2.68 bits per heavy atom. The van der Waals surface area contributed by atoms with E-state index < -0.39 is 0 Å². The third-order valence-corrected chi connectivity index (χ3v) is 6.18. The number of rotatable bonds is 5. The van der Waals surface area contributed by atoms with E-state index in [2.05, 4.69) is 10.7 Å². The summed E-state index contributed by atoms with van der Waals surface area (Å²) in [4.78, 5) is 13.6. The molecule has 3 aromatic rings. The second-order valence-corrected chi connectivity index (χ2v) is 7.89. The Kier molecular flexibility index (Phi) is 5.29. The minimum absolute atomic E-state index is 0.0129. The molecule has 4 nitrogen and oxygen atoms in total. The molecule has 6 heteroatoms. The lowest BCUT2D eigenvalue weighted by Crippen LogP contribution is -2.22. The van der Waals surface area contributed by atoms with Crippen molar-refractivity contribution in [3.63, 3.8) is 0 Å². The summed E-state index contributed by atoms with van der Waals surface area (Å²) in [6.07, 6.45) is 0.407. The number of hydrogen-bond donors (Lipinski definition) is 1. The van der Waals surface area contributed by atoms with Gasteiger partial charge in [-0.25, -0.2) is 0 Å². The second-order valence-electron chi connectivity index (χ2n) is 6.54. The van der Waals surface area contributed by atoms with Crippen LogP contribution >= 0.6 is 22.9 Å². The second kappa shape index (κ2) is 7.86. The molecule has 28 heavy (non-hydrogen) atoms. The normalized spacial score (nSPS) is 15.7. The summed E-state index contributed by atoms with van der Waals surface area (Å²) in [6, 6.07) is 13.6. The predicted molar refractivity (Wildman–Crippen MR) is 114 cm³/mol. The van der Waals surface area contributed by atoms with Gasteiger partial charge in [-0.2, -0.15) is 0 Å². The Hall–Kier alpha value is -2.50. The number of anilines is 1. The number of halogens is 1. The first-order valence-corrected chi connectivity index (χ1v) is 10.3. The quantitative estimate of drug-likeness (QED) is 0.562. The molecule has 0 saturated heterocycles. The van der Waals surface area contributed by atoms with E-state index in [1.54, 1.807) is 18.4 Å². The monoisotopic (exact) mass is 413 g/mol. The average Bonchev–Trinajstić information content (AvgIpc) is 3.12. The smallest absolute Gasteiger partial charge is 0.225 e. The van der Waals surface area contributed by atoms with Gasteiger partial charge in [0.2, 0.25) is 5.91 Å². The summed E-state index contributed by atoms with van der Waals surface area (Å²) >= 11 is 7.68. The zero-order valence-corrected chi connectivity index (χ0v) is 17.2. The van der Waals surface area contributed by atoms with Crippen LogP contribution < -0.4 is 14.8 Å². The molecule has 4 rings (SSSR count). The van der Waals surface area contributed by atoms with Gasteiger partial charge in [-0.1, -0.05) is 29.8 Å². The van der Waals surface area contributed by atoms with Gasteiger partial charge in [0, 0.05) is 33.2 Å². The summed E-state index contributed by atoms with van der Waals surface area (Å²) in [7, 11) is 1.63. The van der Waals surface area contributed by atoms with Gasteiger partial charge >= 0.3 is 0 Å². The van der Waals surface area contributed by atoms with Gasteiger partial charge in [0.15, 0.2) is 11.5 Å². The van der Waals surface area contributed by atoms with Gasteiger partial charge in [0.1, 0.15) is 0 Å². The minimum atomic E-state index is -0.0145. The number of methoxy groups -OCH3 is 1. The van der Waals surface area contributed by atoms with Crippen molar-refractivity contribution >= 4 is 34.5 Å². The highest BCUT2D eigenvalue weighted by molar-refractivity contribution is 7.11. The van der Waals surface area contributed by atoms with Crippen molar-refractivity contribution in [3.8, 4) is 22.6 Å². The highest BCUT2D eigenvalue weighted by Crippen LogP contribution is 2.47. The largest absolute Gasteiger partial charge is 0.493 e. The standard InChI is InChI=1S/C22H20ClNO3S/c1-3-27-18-9-6-14(10-19(18)26-2)16-11-20(25)24-21-17(12-28-22(16)21)13-4-7-15(23)8-5-13/h4-10,12,16H,3,11H2,1-2H3,(H,24,25)/t16-/m0/s1. The Morgan fingerprint density at radius 2 is 1.96 bits per heavy atom. The number of nitrogens with one attached hydrogen (secondary N) is 1. The Morgan fingerprint density at radius 1 is 1.18 bits per heavy atom. The van der Waals surface area contributed by atoms with E-state index in [0.29, 0.717) is 29.5 Å². The highest BCUT2D eigenvalue weighted by Gasteiger charge is 2.31. The lowest BCUT2D eigenvalue weighted by Gasteiger charge is -2.24. The van der Waals surface area contributed by atoms with E-state index >= 15 is 0 Å². The summed E-state index contributed by atoms with van der Waals surface area (Å²) in [5.74, 6) is 1.39. The topological polar surface area (TPSA) is 47.6 Å². The zero-order chi connectivity index (χ0) is 19.7. The number of carbonyl (C=O) groups is 1. The fraction of sp³-hybridized carbons (Fsp3) is 0.227. The zero-order valence-electron chi connectivity index (χ0n) is 15.6. The average molecular weight is 414 g/mol. The van der Waals surface area contributed by atoms with Gasteiger partial charge in [-0.15, -0.1) is 11.3 Å². The van der Waals surface area contributed by atoms with Crippen molar-refractivity contribution in [2.45, 2.75) is 19.3 Å². The summed E-state index contributed by atoms with van der Waals surface area (Å²) in [6.45, 7) is 2.51. The Bertz CT molecular complexity index is 1010. The van der Waals surface area contributed by atoms with Crippen LogP contribution in [-0.4, -0.2) is 19.6 Å². The molecule has 144 valence electrons. The molecule has 1 aliphatic rings. The number of ether oxygens (including phenoxy) is 2. The van der Waals surface area contributed by atoms with Crippen molar-refractivity contribution in [1.82, 2.24) is 0 Å². The van der Waals surface area contributed by atoms with E-state index in [1.807, 2.05) is 49.4 Å². The molecule has 1 amide bonds. The van der Waals surface area contributed by atoms with E-state index in [1.165, 1.54) is 0 Å². The first-order chi connectivity index (χ1) is 13.6. The fourth-order valence-corrected chi connectivity index (χ4v) is 4.80. The maximum atomic E-state index is 12.5. The lowest BCUT2D eigenvalue weighted by atomic mass is 9.89. The van der Waals surface area contributed by atoms with Gasteiger partial charge in [0.25, 0.3) is 0 Å². The molecule has 0 aliphatic carbocycles. The molecule has 2 aromatic carbocycles. The molecule has 1 aliphatic heterocycles. The number of hydrogen-bond acceptors (Lipinski definition) is 4. The molecule has 1 aromatic heterocycles. The summed E-state index contributed by atoms with van der Waals surface area (Å²) in [5, 5.41) is 5.85. The summed E-state index contributed by atoms with van der Waals surface area (Å²) < 4.78 is 11.1. The van der Waals surface area contributed by atoms with Crippen LogP contribution in [0.5, 0.6) is 11.5 Å². The summed E-state index contributed by atoms with van der Waals surface area (Å²) in [5.41, 5.74) is 3.99. The fourth-order valence-electron chi connectivity index (χ4n) is 3.51. The number of benzene rings is 2. The number of fused-ring (bicyclic) bond motifs is 1. The first-order valence-electron chi connectivity index (χ1n) is 9.08. The SMILES string of the molecule is CCOc1ccc([C@@H]2CC(=O)Nc3c(-c4ccc(Cl)cc4)csc32)cc1OC. The van der Waals surface area contributed by atoms with E-state index in [-0.39, 0.29) is 11.8 Å². The maximum absolute atomic E-state index is 12.5. The third-order valence-electron chi connectivity index (χ3n) is 4.84. The van der Waals surface area contributed by atoms with Gasteiger partial charge < -0.3 is 14.8 Å². The number of thiophene rings is 1. The minimum Gasteiger partial charge on any atom is -0.493 e. The Balaban J connectivity index is 1.76. The van der Waals surface area contributed by atoms with Crippen LogP contribution in [0.25, 0.3) is 11.1 Å². The molecule has 1 atom stereocenters. The van der Waals surface area contributed by atoms with E-state index in [9.17, 15) is 4.79 Å².